The molecule has 1 atom stereocenters. The second-order valence-corrected chi connectivity index (χ2v) is 8.03. The fraction of sp³-hybridized carbons (Fsp3) is 0.450. The number of nitrogens with one attached hydrogen (secondary N) is 1. The quantitative estimate of drug-likeness (QED) is 0.593. The van der Waals surface area contributed by atoms with Gasteiger partial charge in [0.2, 0.25) is 5.91 Å². The molecule has 4 rings (SSSR count). The van der Waals surface area contributed by atoms with Gasteiger partial charge in [-0.1, -0.05) is 11.8 Å². The number of fused-ring (bicyclic) bond motifs is 1. The van der Waals surface area contributed by atoms with E-state index >= 15 is 0 Å². The van der Waals surface area contributed by atoms with Crippen molar-refractivity contribution in [3.63, 3.8) is 0 Å². The number of halogens is 1. The van der Waals surface area contributed by atoms with Gasteiger partial charge in [-0.2, -0.15) is 4.98 Å². The Hall–Kier alpha value is -2.19. The normalized spacial score (nSPS) is 18.2. The Labute approximate surface area is 166 Å². The molecule has 1 saturated heterocycles. The number of amides is 1. The van der Waals surface area contributed by atoms with Gasteiger partial charge in [-0.25, -0.2) is 9.18 Å². The van der Waals surface area contributed by atoms with Gasteiger partial charge in [0.1, 0.15) is 10.8 Å². The van der Waals surface area contributed by atoms with Crippen molar-refractivity contribution >= 4 is 23.4 Å². The first kappa shape index (κ1) is 19.1. The van der Waals surface area contributed by atoms with Crippen LogP contribution in [0.5, 0.6) is 0 Å². The zero-order chi connectivity index (χ0) is 19.5. The molecule has 2 heterocycles. The lowest BCUT2D eigenvalue weighted by Gasteiger charge is -2.17. The second-order valence-electron chi connectivity index (χ2n) is 7.07. The molecule has 0 spiro atoms. The molecule has 1 aromatic heterocycles. The molecule has 0 bridgehead atoms. The smallest absolute Gasteiger partial charge is 0.348 e. The molecule has 2 aliphatic rings. The Kier molecular flexibility index (Phi) is 5.77. The molecular formula is C20H22FN3O3S. The van der Waals surface area contributed by atoms with Crippen LogP contribution in [0.1, 0.15) is 30.5 Å². The lowest BCUT2D eigenvalue weighted by atomic mass is 10.2. The first-order chi connectivity index (χ1) is 13.6. The van der Waals surface area contributed by atoms with Crippen LogP contribution in [0, 0.1) is 5.82 Å². The molecule has 1 fully saturated rings. The van der Waals surface area contributed by atoms with E-state index in [0.717, 1.165) is 50.0 Å². The first-order valence-corrected chi connectivity index (χ1v) is 10.5. The minimum Gasteiger partial charge on any atom is -0.376 e. The number of anilines is 1. The fourth-order valence-corrected chi connectivity index (χ4v) is 4.63. The van der Waals surface area contributed by atoms with Gasteiger partial charge in [0.25, 0.3) is 0 Å². The van der Waals surface area contributed by atoms with Gasteiger partial charge in [0.15, 0.2) is 0 Å². The molecule has 0 radical (unpaired) electrons. The fourth-order valence-electron chi connectivity index (χ4n) is 3.75. The van der Waals surface area contributed by atoms with Crippen molar-refractivity contribution in [3.8, 4) is 0 Å². The van der Waals surface area contributed by atoms with Crippen LogP contribution in [0.3, 0.4) is 0 Å². The van der Waals surface area contributed by atoms with Crippen molar-refractivity contribution in [2.24, 2.45) is 0 Å². The first-order valence-electron chi connectivity index (χ1n) is 9.52. The number of aromatic nitrogens is 2. The number of rotatable bonds is 6. The van der Waals surface area contributed by atoms with Crippen LogP contribution in [-0.4, -0.2) is 33.9 Å². The molecule has 6 nitrogen and oxygen atoms in total. The monoisotopic (exact) mass is 403 g/mol. The van der Waals surface area contributed by atoms with Crippen molar-refractivity contribution in [2.45, 2.75) is 49.8 Å². The molecular weight excluding hydrogens is 381 g/mol. The number of hydrogen-bond acceptors (Lipinski definition) is 5. The highest BCUT2D eigenvalue weighted by molar-refractivity contribution is 8.00. The number of ether oxygens (including phenoxy) is 1. The Bertz CT molecular complexity index is 924. The average molecular weight is 403 g/mol. The zero-order valence-electron chi connectivity index (χ0n) is 15.4. The van der Waals surface area contributed by atoms with E-state index < -0.39 is 0 Å². The van der Waals surface area contributed by atoms with Gasteiger partial charge in [0.05, 0.1) is 18.4 Å². The molecule has 28 heavy (non-hydrogen) atoms. The average Bonchev–Trinajstić information content (AvgIpc) is 3.36. The van der Waals surface area contributed by atoms with Crippen LogP contribution in [0.25, 0.3) is 0 Å². The number of hydrogen-bond donors (Lipinski definition) is 1. The SMILES string of the molecule is O=C(CSc1nc(=O)n(CC2CCCO2)c2c1CCC2)Nc1ccc(F)cc1. The minimum atomic E-state index is -0.351. The van der Waals surface area contributed by atoms with E-state index in [1.165, 1.54) is 36.0 Å². The number of thioether (sulfide) groups is 1. The predicted molar refractivity (Wildman–Crippen MR) is 105 cm³/mol. The van der Waals surface area contributed by atoms with Gasteiger partial charge in [0, 0.05) is 23.6 Å². The summed E-state index contributed by atoms with van der Waals surface area (Å²) in [7, 11) is 0. The summed E-state index contributed by atoms with van der Waals surface area (Å²) in [5.74, 6) is -0.421. The summed E-state index contributed by atoms with van der Waals surface area (Å²) in [5, 5.41) is 3.38. The number of carbonyl (C=O) groups is 1. The lowest BCUT2D eigenvalue weighted by molar-refractivity contribution is -0.113. The molecule has 2 aromatic rings. The third-order valence-electron chi connectivity index (χ3n) is 5.08. The molecule has 8 heteroatoms. The second kappa shape index (κ2) is 8.45. The van der Waals surface area contributed by atoms with Crippen LogP contribution < -0.4 is 11.0 Å². The highest BCUT2D eigenvalue weighted by atomic mass is 32.2. The van der Waals surface area contributed by atoms with Crippen molar-refractivity contribution in [2.75, 3.05) is 17.7 Å². The largest absolute Gasteiger partial charge is 0.376 e. The summed E-state index contributed by atoms with van der Waals surface area (Å²) in [6, 6.07) is 5.62. The van der Waals surface area contributed by atoms with Gasteiger partial charge >= 0.3 is 5.69 Å². The van der Waals surface area contributed by atoms with Crippen LogP contribution in [0.2, 0.25) is 0 Å². The van der Waals surface area contributed by atoms with Gasteiger partial charge in [-0.05, 0) is 56.4 Å². The summed E-state index contributed by atoms with van der Waals surface area (Å²) in [6.45, 7) is 1.32. The van der Waals surface area contributed by atoms with Crippen molar-refractivity contribution in [3.05, 3.63) is 51.8 Å². The van der Waals surface area contributed by atoms with E-state index in [1.807, 2.05) is 0 Å². The highest BCUT2D eigenvalue weighted by Crippen LogP contribution is 2.30. The van der Waals surface area contributed by atoms with Crippen LogP contribution >= 0.6 is 11.8 Å². The number of nitrogens with zero attached hydrogens (tertiary/aromatic N) is 2. The summed E-state index contributed by atoms with van der Waals surface area (Å²) in [4.78, 5) is 29.1. The molecule has 1 unspecified atom stereocenters. The standard InChI is InChI=1S/C20H22FN3O3S/c21-13-6-8-14(9-7-13)22-18(25)12-28-19-16-4-1-5-17(16)24(20(26)23-19)11-15-3-2-10-27-15/h6-9,15H,1-5,10-12H2,(H,22,25). The van der Waals surface area contributed by atoms with Crippen LogP contribution in [-0.2, 0) is 28.9 Å². The Morgan fingerprint density at radius 2 is 2.11 bits per heavy atom. The molecule has 148 valence electrons. The van der Waals surface area contributed by atoms with E-state index in [1.54, 1.807) is 4.57 Å². The lowest BCUT2D eigenvalue weighted by Crippen LogP contribution is -2.31. The Balaban J connectivity index is 1.45. The maximum atomic E-state index is 13.0. The Morgan fingerprint density at radius 3 is 2.86 bits per heavy atom. The predicted octanol–water partition coefficient (Wildman–Crippen LogP) is 2.78. The summed E-state index contributed by atoms with van der Waals surface area (Å²) >= 11 is 1.28. The third kappa shape index (κ3) is 4.28. The van der Waals surface area contributed by atoms with Gasteiger partial charge in [-0.3, -0.25) is 9.36 Å². The third-order valence-corrected chi connectivity index (χ3v) is 6.10. The number of benzene rings is 1. The van der Waals surface area contributed by atoms with Crippen molar-refractivity contribution in [1.29, 1.82) is 0 Å². The topological polar surface area (TPSA) is 73.2 Å². The molecule has 1 aliphatic heterocycles. The van der Waals surface area contributed by atoms with E-state index in [2.05, 4.69) is 10.3 Å². The molecule has 1 aliphatic carbocycles. The molecule has 1 amide bonds. The maximum Gasteiger partial charge on any atom is 0.348 e. The van der Waals surface area contributed by atoms with Crippen LogP contribution in [0.4, 0.5) is 10.1 Å². The molecule has 1 aromatic carbocycles. The van der Waals surface area contributed by atoms with E-state index in [0.29, 0.717) is 17.3 Å². The van der Waals surface area contributed by atoms with Crippen molar-refractivity contribution < 1.29 is 13.9 Å². The number of carbonyl (C=O) groups excluding carboxylic acids is 1. The van der Waals surface area contributed by atoms with E-state index in [9.17, 15) is 14.0 Å². The summed E-state index contributed by atoms with van der Waals surface area (Å²) < 4.78 is 20.4. The highest BCUT2D eigenvalue weighted by Gasteiger charge is 2.25. The zero-order valence-corrected chi connectivity index (χ0v) is 16.3. The Morgan fingerprint density at radius 1 is 1.29 bits per heavy atom. The van der Waals surface area contributed by atoms with Crippen LogP contribution in [0.15, 0.2) is 34.1 Å². The molecule has 1 N–H and O–H groups in total. The summed E-state index contributed by atoms with van der Waals surface area (Å²) in [5.41, 5.74) is 2.39. The van der Waals surface area contributed by atoms with Gasteiger partial charge in [-0.15, -0.1) is 0 Å². The minimum absolute atomic E-state index is 0.0872. The van der Waals surface area contributed by atoms with E-state index in [4.69, 9.17) is 4.74 Å². The molecule has 0 saturated carbocycles. The van der Waals surface area contributed by atoms with Gasteiger partial charge < -0.3 is 10.1 Å². The van der Waals surface area contributed by atoms with E-state index in [-0.39, 0.29) is 29.3 Å². The van der Waals surface area contributed by atoms with Crippen molar-refractivity contribution in [1.82, 2.24) is 9.55 Å². The summed E-state index contributed by atoms with van der Waals surface area (Å²) in [6.07, 6.45) is 4.81. The maximum absolute atomic E-state index is 13.0.